The Hall–Kier alpha value is -0.243. The lowest BCUT2D eigenvalue weighted by atomic mass is 10.1. The van der Waals surface area contributed by atoms with Gasteiger partial charge in [-0.25, -0.2) is 0 Å². The summed E-state index contributed by atoms with van der Waals surface area (Å²) in [5.74, 6) is 0. The molecule has 0 fully saturated rings. The molecular weight excluding hydrogens is 210 g/mol. The maximum Gasteiger partial charge on any atom is 0.0514 e. The summed E-state index contributed by atoms with van der Waals surface area (Å²) < 4.78 is 0. The van der Waals surface area contributed by atoms with Crippen LogP contribution in [0.2, 0.25) is 25.2 Å². The highest BCUT2D eigenvalue weighted by molar-refractivity contribution is 6.78. The van der Waals surface area contributed by atoms with Crippen LogP contribution in [0.5, 0.6) is 0 Å². The van der Waals surface area contributed by atoms with Gasteiger partial charge in [-0.2, -0.15) is 0 Å². The molecule has 1 atom stereocenters. The first-order valence-corrected chi connectivity index (χ1v) is 10.5. The highest BCUT2D eigenvalue weighted by Gasteiger charge is 2.24. The maximum absolute atomic E-state index is 6.11. The summed E-state index contributed by atoms with van der Waals surface area (Å²) in [6.07, 6.45) is 9.91. The molecule has 0 aromatic rings. The van der Waals surface area contributed by atoms with Crippen molar-refractivity contribution in [3.8, 4) is 0 Å². The quantitative estimate of drug-likeness (QED) is 0.600. The number of unbranched alkanes of at least 4 members (excludes halogenated alkanes) is 2. The van der Waals surface area contributed by atoms with Crippen LogP contribution in [0.15, 0.2) is 11.8 Å². The average molecular weight is 241 g/mol. The Morgan fingerprint density at radius 2 is 1.69 bits per heavy atom. The van der Waals surface area contributed by atoms with Crippen LogP contribution in [-0.2, 0) is 0 Å². The van der Waals surface area contributed by atoms with Gasteiger partial charge in [0.15, 0.2) is 0 Å². The predicted molar refractivity (Wildman–Crippen MR) is 78.4 cm³/mol. The first-order chi connectivity index (χ1) is 7.41. The highest BCUT2D eigenvalue weighted by atomic mass is 28.3. The summed E-state index contributed by atoms with van der Waals surface area (Å²) in [4.78, 5) is 0. The van der Waals surface area contributed by atoms with Crippen molar-refractivity contribution in [3.63, 3.8) is 0 Å². The number of rotatable bonds is 8. The zero-order valence-corrected chi connectivity index (χ0v) is 13.0. The van der Waals surface area contributed by atoms with E-state index >= 15 is 0 Å². The van der Waals surface area contributed by atoms with Gasteiger partial charge in [-0.3, -0.25) is 0 Å². The van der Waals surface area contributed by atoms with Gasteiger partial charge in [0.1, 0.15) is 0 Å². The number of hydrogen-bond acceptors (Lipinski definition) is 1. The smallest absolute Gasteiger partial charge is 0.0514 e. The Balaban J connectivity index is 4.39. The summed E-state index contributed by atoms with van der Waals surface area (Å²) in [5, 5.41) is 0. The molecule has 0 aliphatic heterocycles. The SMILES string of the molecule is CCCCC(N)=CC(CCCC)[Si](C)(C)C. The lowest BCUT2D eigenvalue weighted by Crippen LogP contribution is -2.27. The van der Waals surface area contributed by atoms with Gasteiger partial charge in [-0.1, -0.05) is 58.8 Å². The molecule has 96 valence electrons. The summed E-state index contributed by atoms with van der Waals surface area (Å²) in [5.41, 5.74) is 8.01. The lowest BCUT2D eigenvalue weighted by molar-refractivity contribution is 0.705. The zero-order chi connectivity index (χ0) is 12.6. The molecule has 0 aliphatic carbocycles. The van der Waals surface area contributed by atoms with Gasteiger partial charge in [-0.05, 0) is 24.8 Å². The molecule has 1 unspecified atom stereocenters. The normalized spacial score (nSPS) is 15.2. The number of hydrogen-bond donors (Lipinski definition) is 1. The Labute approximate surface area is 104 Å². The van der Waals surface area contributed by atoms with Crippen molar-refractivity contribution < 1.29 is 0 Å². The Kier molecular flexibility index (Phi) is 7.82. The summed E-state index contributed by atoms with van der Waals surface area (Å²) >= 11 is 0. The van der Waals surface area contributed by atoms with E-state index in [0.717, 1.165) is 17.7 Å². The average Bonchev–Trinajstić information content (AvgIpc) is 2.19. The van der Waals surface area contributed by atoms with Crippen molar-refractivity contribution in [2.45, 2.75) is 77.6 Å². The van der Waals surface area contributed by atoms with Gasteiger partial charge in [-0.15, -0.1) is 0 Å². The Bertz CT molecular complexity index is 203. The predicted octanol–water partition coefficient (Wildman–Crippen LogP) is 4.92. The molecule has 0 saturated heterocycles. The molecule has 0 heterocycles. The molecule has 0 amide bonds. The van der Waals surface area contributed by atoms with Crippen LogP contribution >= 0.6 is 0 Å². The molecule has 0 saturated carbocycles. The second-order valence-electron chi connectivity index (χ2n) is 5.96. The molecule has 0 radical (unpaired) electrons. The van der Waals surface area contributed by atoms with Crippen LogP contribution in [0.25, 0.3) is 0 Å². The van der Waals surface area contributed by atoms with E-state index in [9.17, 15) is 0 Å². The van der Waals surface area contributed by atoms with Crippen molar-refractivity contribution >= 4 is 8.07 Å². The van der Waals surface area contributed by atoms with Crippen LogP contribution in [0.4, 0.5) is 0 Å². The molecule has 2 N–H and O–H groups in total. The van der Waals surface area contributed by atoms with E-state index in [1.807, 2.05) is 0 Å². The van der Waals surface area contributed by atoms with E-state index < -0.39 is 8.07 Å². The standard InChI is InChI=1S/C14H31NSi/c1-6-8-10-13(15)12-14(11-9-7-2)16(3,4)5/h12,14H,6-11,15H2,1-5H3. The Morgan fingerprint density at radius 1 is 1.12 bits per heavy atom. The molecule has 0 aromatic carbocycles. The van der Waals surface area contributed by atoms with Crippen molar-refractivity contribution in [1.29, 1.82) is 0 Å². The minimum Gasteiger partial charge on any atom is -0.402 e. The molecule has 1 nitrogen and oxygen atoms in total. The molecule has 0 aliphatic rings. The monoisotopic (exact) mass is 241 g/mol. The fourth-order valence-electron chi connectivity index (χ4n) is 1.91. The van der Waals surface area contributed by atoms with Gasteiger partial charge in [0.2, 0.25) is 0 Å². The van der Waals surface area contributed by atoms with E-state index in [4.69, 9.17) is 5.73 Å². The van der Waals surface area contributed by atoms with Crippen LogP contribution in [-0.4, -0.2) is 8.07 Å². The highest BCUT2D eigenvalue weighted by Crippen LogP contribution is 2.30. The van der Waals surface area contributed by atoms with E-state index in [1.165, 1.54) is 32.1 Å². The van der Waals surface area contributed by atoms with Crippen molar-refractivity contribution in [2.24, 2.45) is 5.73 Å². The molecule has 0 aromatic heterocycles. The van der Waals surface area contributed by atoms with Gasteiger partial charge in [0, 0.05) is 5.70 Å². The third-order valence-corrected chi connectivity index (χ3v) is 5.90. The summed E-state index contributed by atoms with van der Waals surface area (Å²) in [6.45, 7) is 11.9. The zero-order valence-electron chi connectivity index (χ0n) is 12.0. The summed E-state index contributed by atoms with van der Waals surface area (Å²) in [7, 11) is -1.08. The van der Waals surface area contributed by atoms with Crippen molar-refractivity contribution in [1.82, 2.24) is 0 Å². The molecule has 0 rings (SSSR count). The van der Waals surface area contributed by atoms with Gasteiger partial charge < -0.3 is 5.73 Å². The fourth-order valence-corrected chi connectivity index (χ4v) is 3.70. The van der Waals surface area contributed by atoms with Crippen LogP contribution in [0, 0.1) is 0 Å². The second kappa shape index (κ2) is 7.94. The van der Waals surface area contributed by atoms with E-state index in [2.05, 4.69) is 39.6 Å². The molecular formula is C14H31NSi. The van der Waals surface area contributed by atoms with Crippen LogP contribution < -0.4 is 5.73 Å². The maximum atomic E-state index is 6.11. The topological polar surface area (TPSA) is 26.0 Å². The minimum absolute atomic E-state index is 0.768. The minimum atomic E-state index is -1.08. The molecule has 16 heavy (non-hydrogen) atoms. The van der Waals surface area contributed by atoms with E-state index in [0.29, 0.717) is 0 Å². The largest absolute Gasteiger partial charge is 0.402 e. The van der Waals surface area contributed by atoms with Gasteiger partial charge in [0.05, 0.1) is 8.07 Å². The second-order valence-corrected chi connectivity index (χ2v) is 11.4. The number of nitrogens with two attached hydrogens (primary N) is 1. The molecule has 0 bridgehead atoms. The van der Waals surface area contributed by atoms with E-state index in [1.54, 1.807) is 0 Å². The van der Waals surface area contributed by atoms with Crippen molar-refractivity contribution in [3.05, 3.63) is 11.8 Å². The Morgan fingerprint density at radius 3 is 2.12 bits per heavy atom. The molecule has 2 heteroatoms. The van der Waals surface area contributed by atoms with Crippen LogP contribution in [0.1, 0.15) is 52.4 Å². The van der Waals surface area contributed by atoms with Gasteiger partial charge >= 0.3 is 0 Å². The third-order valence-electron chi connectivity index (χ3n) is 3.22. The van der Waals surface area contributed by atoms with E-state index in [-0.39, 0.29) is 0 Å². The first-order valence-electron chi connectivity index (χ1n) is 6.88. The number of allylic oxidation sites excluding steroid dienone is 2. The van der Waals surface area contributed by atoms with Crippen LogP contribution in [0.3, 0.4) is 0 Å². The lowest BCUT2D eigenvalue weighted by Gasteiger charge is -2.27. The third kappa shape index (κ3) is 7.10. The van der Waals surface area contributed by atoms with Gasteiger partial charge in [0.25, 0.3) is 0 Å². The fraction of sp³-hybridized carbons (Fsp3) is 0.857. The molecule has 0 spiro atoms. The summed E-state index contributed by atoms with van der Waals surface area (Å²) in [6, 6.07) is 0. The first kappa shape index (κ1) is 15.8. The van der Waals surface area contributed by atoms with Crippen molar-refractivity contribution in [2.75, 3.05) is 0 Å².